The van der Waals surface area contributed by atoms with Gasteiger partial charge in [0, 0.05) is 49.7 Å². The van der Waals surface area contributed by atoms with E-state index in [9.17, 15) is 35.1 Å². The molecule has 1 heterocycles. The van der Waals surface area contributed by atoms with Crippen molar-refractivity contribution in [2.24, 2.45) is 5.92 Å². The number of halogens is 3. The molecular weight excluding hydrogens is 575 g/mol. The van der Waals surface area contributed by atoms with Crippen LogP contribution in [0.2, 0.25) is 0 Å². The third-order valence-electron chi connectivity index (χ3n) is 7.38. The van der Waals surface area contributed by atoms with Crippen molar-refractivity contribution < 1.29 is 35.1 Å². The lowest BCUT2D eigenvalue weighted by Crippen LogP contribution is -2.59. The van der Waals surface area contributed by atoms with Gasteiger partial charge in [-0.3, -0.25) is 0 Å². The lowest BCUT2D eigenvalue weighted by atomic mass is 9.95. The van der Waals surface area contributed by atoms with Crippen LogP contribution in [0.25, 0.3) is 0 Å². The monoisotopic (exact) mass is 607 g/mol. The van der Waals surface area contributed by atoms with Crippen molar-refractivity contribution in [3.63, 3.8) is 0 Å². The Morgan fingerprint density at radius 3 is 2.26 bits per heavy atom. The van der Waals surface area contributed by atoms with Crippen LogP contribution in [0, 0.1) is 5.92 Å². The van der Waals surface area contributed by atoms with Crippen LogP contribution in [0.3, 0.4) is 0 Å². The van der Waals surface area contributed by atoms with E-state index in [0.29, 0.717) is 30.4 Å². The van der Waals surface area contributed by atoms with Gasteiger partial charge in [-0.05, 0) is 49.5 Å². The van der Waals surface area contributed by atoms with Gasteiger partial charge in [0.2, 0.25) is 20.0 Å². The molecule has 8 nitrogen and oxygen atoms in total. The predicted molar refractivity (Wildman–Crippen MR) is 147 cm³/mol. The molecule has 0 radical (unpaired) electrons. The second kappa shape index (κ2) is 10.9. The van der Waals surface area contributed by atoms with E-state index < -0.39 is 37.9 Å². The van der Waals surface area contributed by atoms with E-state index in [1.165, 1.54) is 39.0 Å². The highest BCUT2D eigenvalue weighted by Gasteiger charge is 2.51. The van der Waals surface area contributed by atoms with Crippen molar-refractivity contribution in [2.45, 2.75) is 44.0 Å². The maximum atomic E-state index is 13.5. The highest BCUT2D eigenvalue weighted by atomic mass is 32.2. The molecule has 1 saturated carbocycles. The van der Waals surface area contributed by atoms with Crippen molar-refractivity contribution in [2.75, 3.05) is 43.9 Å². The van der Waals surface area contributed by atoms with Crippen molar-refractivity contribution in [1.29, 1.82) is 0 Å². The van der Waals surface area contributed by atoms with E-state index in [1.807, 2.05) is 4.90 Å². The highest BCUT2D eigenvalue weighted by Crippen LogP contribution is 2.39. The minimum Gasteiger partial charge on any atom is -0.376 e. The maximum absolute atomic E-state index is 13.5. The first-order valence-electron chi connectivity index (χ1n) is 12.5. The van der Waals surface area contributed by atoms with Gasteiger partial charge in [-0.1, -0.05) is 36.5 Å². The quantitative estimate of drug-likeness (QED) is 0.431. The summed E-state index contributed by atoms with van der Waals surface area (Å²) in [7, 11) is -7.56. The summed E-state index contributed by atoms with van der Waals surface area (Å²) in [6.07, 6.45) is 3.27. The molecule has 1 N–H and O–H groups in total. The van der Waals surface area contributed by atoms with Gasteiger partial charge in [0.25, 0.3) is 0 Å². The van der Waals surface area contributed by atoms with Gasteiger partial charge in [0.1, 0.15) is 0 Å². The van der Waals surface area contributed by atoms with Gasteiger partial charge in [-0.2, -0.15) is 21.8 Å². The van der Waals surface area contributed by atoms with Crippen LogP contribution < -0.4 is 4.90 Å². The van der Waals surface area contributed by atoms with Gasteiger partial charge in [-0.15, -0.1) is 0 Å². The van der Waals surface area contributed by atoms with Gasteiger partial charge in [0.05, 0.1) is 17.2 Å². The van der Waals surface area contributed by atoms with Gasteiger partial charge in [0.15, 0.2) is 5.60 Å². The van der Waals surface area contributed by atoms with Crippen LogP contribution in [-0.4, -0.2) is 86.6 Å². The molecular formula is C25H32F3N3O5S3. The third-order valence-corrected chi connectivity index (χ3v) is 11.1. The first-order valence-corrected chi connectivity index (χ1v) is 16.2. The fourth-order valence-electron chi connectivity index (χ4n) is 4.74. The summed E-state index contributed by atoms with van der Waals surface area (Å²) in [5.41, 5.74) is -2.89. The van der Waals surface area contributed by atoms with Crippen LogP contribution in [0.5, 0.6) is 0 Å². The summed E-state index contributed by atoms with van der Waals surface area (Å²) < 4.78 is 94.9. The molecule has 3 aliphatic rings. The van der Waals surface area contributed by atoms with E-state index in [-0.39, 0.29) is 42.6 Å². The number of sulfonamides is 2. The first-order chi connectivity index (χ1) is 18.0. The summed E-state index contributed by atoms with van der Waals surface area (Å²) in [5, 5.41) is 10.0. The molecule has 0 bridgehead atoms. The Balaban J connectivity index is 1.65. The molecule has 0 aromatic heterocycles. The van der Waals surface area contributed by atoms with E-state index in [4.69, 9.17) is 12.2 Å². The molecule has 0 unspecified atom stereocenters. The molecule has 1 aromatic carbocycles. The molecule has 216 valence electrons. The van der Waals surface area contributed by atoms with Gasteiger partial charge >= 0.3 is 6.18 Å². The van der Waals surface area contributed by atoms with Gasteiger partial charge < -0.3 is 10.0 Å². The molecule has 14 heteroatoms. The number of nitrogens with zero attached hydrogens (tertiary/aromatic N) is 3. The second-order valence-electron chi connectivity index (χ2n) is 10.4. The average Bonchev–Trinajstić information content (AvgIpc) is 3.67. The number of anilines is 1. The van der Waals surface area contributed by atoms with Crippen molar-refractivity contribution in [1.82, 2.24) is 8.61 Å². The summed E-state index contributed by atoms with van der Waals surface area (Å²) in [4.78, 5) is 2.16. The number of thiocarbonyl (C=S) groups is 1. The number of allylic oxidation sites excluding steroid dienone is 4. The third kappa shape index (κ3) is 6.57. The molecule has 2 atom stereocenters. The average molecular weight is 608 g/mol. The summed E-state index contributed by atoms with van der Waals surface area (Å²) in [5.74, 6) is 0.247. The topological polar surface area (TPSA) is 98.2 Å². The Kier molecular flexibility index (Phi) is 8.39. The zero-order valence-electron chi connectivity index (χ0n) is 21.6. The molecule has 39 heavy (non-hydrogen) atoms. The Bertz CT molecular complexity index is 1370. The number of alkyl halides is 3. The molecule has 2 fully saturated rings. The fraction of sp³-hybridized carbons (Fsp3) is 0.560. The van der Waals surface area contributed by atoms with E-state index in [0.717, 1.165) is 19.1 Å². The lowest BCUT2D eigenvalue weighted by molar-refractivity contribution is -0.258. The van der Waals surface area contributed by atoms with Crippen LogP contribution in [-0.2, 0) is 25.6 Å². The van der Waals surface area contributed by atoms with Crippen molar-refractivity contribution in [3.05, 3.63) is 53.0 Å². The number of rotatable bonds is 9. The smallest absolute Gasteiger partial charge is 0.376 e. The normalized spacial score (nSPS) is 23.2. The lowest BCUT2D eigenvalue weighted by Gasteiger charge is -2.44. The molecule has 0 amide bonds. The van der Waals surface area contributed by atoms with Crippen LogP contribution in [0.4, 0.5) is 18.9 Å². The van der Waals surface area contributed by atoms with E-state index in [1.54, 1.807) is 12.2 Å². The highest BCUT2D eigenvalue weighted by molar-refractivity contribution is 7.96. The molecule has 0 spiro atoms. The first kappa shape index (κ1) is 30.1. The van der Waals surface area contributed by atoms with Crippen LogP contribution >= 0.6 is 12.2 Å². The zero-order valence-corrected chi connectivity index (χ0v) is 24.1. The maximum Gasteiger partial charge on any atom is 0.421 e. The van der Waals surface area contributed by atoms with Crippen molar-refractivity contribution >= 4 is 42.8 Å². The number of hydrogen-bond acceptors (Lipinski definition) is 7. The summed E-state index contributed by atoms with van der Waals surface area (Å²) in [6, 6.07) is 4.60. The Morgan fingerprint density at radius 2 is 1.72 bits per heavy atom. The Labute approximate surface area is 232 Å². The van der Waals surface area contributed by atoms with E-state index >= 15 is 0 Å². The zero-order chi connectivity index (χ0) is 28.8. The predicted octanol–water partition coefficient (Wildman–Crippen LogP) is 3.16. The number of aliphatic hydroxyl groups is 1. The fourth-order valence-corrected chi connectivity index (χ4v) is 7.74. The van der Waals surface area contributed by atoms with E-state index in [2.05, 4.69) is 0 Å². The number of benzene rings is 1. The standard InChI is InChI=1S/C25H32F3N3O5S3/c1-24(32,25(26,27)28)19-9-11-20(12-10-19)31-14-13-29(39(35,36)23-6-4-3-5-22(23)37)16-21(31)17-30(38(2,33)34)15-18-7-8-18/h3-4,6,9-12,18,21,32H,5,7-8,13-17H2,1-2H3/t21-,24+/m1/s1. The Hall–Kier alpha value is -1.84. The molecule has 4 rings (SSSR count). The second-order valence-corrected chi connectivity index (χ2v) is 14.8. The van der Waals surface area contributed by atoms with Gasteiger partial charge in [-0.25, -0.2) is 16.8 Å². The number of piperazine rings is 1. The summed E-state index contributed by atoms with van der Waals surface area (Å²) in [6.45, 7) is 1.22. The molecule has 1 aromatic rings. The summed E-state index contributed by atoms with van der Waals surface area (Å²) >= 11 is 5.29. The van der Waals surface area contributed by atoms with Crippen LogP contribution in [0.15, 0.2) is 47.4 Å². The Morgan fingerprint density at radius 1 is 1.08 bits per heavy atom. The minimum atomic E-state index is -4.88. The minimum absolute atomic E-state index is 0.00671. The van der Waals surface area contributed by atoms with Crippen molar-refractivity contribution in [3.8, 4) is 0 Å². The molecule has 1 aliphatic heterocycles. The molecule has 1 saturated heterocycles. The largest absolute Gasteiger partial charge is 0.421 e. The SMILES string of the molecule is C[C@](O)(c1ccc(N2CCN(S(=O)(=O)C3=CC=CCC3=S)C[C@@H]2CN(CC2CC2)S(C)(=O)=O)cc1)C(F)(F)F. The number of hydrogen-bond donors (Lipinski definition) is 1. The van der Waals surface area contributed by atoms with Crippen LogP contribution in [0.1, 0.15) is 31.7 Å². The molecule has 2 aliphatic carbocycles.